The normalized spacial score (nSPS) is 10.4. The van der Waals surface area contributed by atoms with E-state index in [9.17, 15) is 13.2 Å². The SMILES string of the molecule is Nc1cccc(COc2cc(F)cc(F)c2)c1F. The number of benzene rings is 2. The summed E-state index contributed by atoms with van der Waals surface area (Å²) in [6, 6.07) is 7.25. The van der Waals surface area contributed by atoms with Gasteiger partial charge < -0.3 is 10.5 Å². The van der Waals surface area contributed by atoms with E-state index in [-0.39, 0.29) is 23.6 Å². The van der Waals surface area contributed by atoms with E-state index in [0.29, 0.717) is 0 Å². The second kappa shape index (κ2) is 5.00. The van der Waals surface area contributed by atoms with Crippen molar-refractivity contribution in [3.05, 3.63) is 59.4 Å². The van der Waals surface area contributed by atoms with Gasteiger partial charge in [0.1, 0.15) is 24.0 Å². The molecule has 2 aromatic carbocycles. The summed E-state index contributed by atoms with van der Waals surface area (Å²) in [6.07, 6.45) is 0. The van der Waals surface area contributed by atoms with Gasteiger partial charge in [0.2, 0.25) is 0 Å². The molecule has 2 nitrogen and oxygen atoms in total. The molecule has 0 aliphatic heterocycles. The van der Waals surface area contributed by atoms with Crippen molar-refractivity contribution in [2.45, 2.75) is 6.61 Å². The minimum Gasteiger partial charge on any atom is -0.489 e. The third kappa shape index (κ3) is 2.74. The fourth-order valence-electron chi connectivity index (χ4n) is 1.48. The molecule has 0 fully saturated rings. The summed E-state index contributed by atoms with van der Waals surface area (Å²) < 4.78 is 44.4. The Hall–Kier alpha value is -2.17. The number of hydrogen-bond acceptors (Lipinski definition) is 2. The highest BCUT2D eigenvalue weighted by Gasteiger charge is 2.07. The summed E-state index contributed by atoms with van der Waals surface area (Å²) in [4.78, 5) is 0. The number of nitrogens with two attached hydrogens (primary N) is 1. The first-order valence-electron chi connectivity index (χ1n) is 5.18. The van der Waals surface area contributed by atoms with Gasteiger partial charge in [-0.05, 0) is 6.07 Å². The van der Waals surface area contributed by atoms with Crippen LogP contribution >= 0.6 is 0 Å². The molecule has 18 heavy (non-hydrogen) atoms. The first kappa shape index (κ1) is 12.3. The van der Waals surface area contributed by atoms with Crippen LogP contribution in [0.1, 0.15) is 5.56 Å². The lowest BCUT2D eigenvalue weighted by Crippen LogP contribution is -2.01. The monoisotopic (exact) mass is 253 g/mol. The van der Waals surface area contributed by atoms with Crippen LogP contribution in [0.5, 0.6) is 5.75 Å². The first-order valence-corrected chi connectivity index (χ1v) is 5.18. The van der Waals surface area contributed by atoms with Crippen molar-refractivity contribution in [1.29, 1.82) is 0 Å². The molecule has 0 spiro atoms. The van der Waals surface area contributed by atoms with Gasteiger partial charge in [0.15, 0.2) is 5.82 Å². The lowest BCUT2D eigenvalue weighted by Gasteiger charge is -2.08. The fraction of sp³-hybridized carbons (Fsp3) is 0.0769. The highest BCUT2D eigenvalue weighted by molar-refractivity contribution is 5.42. The molecule has 2 N–H and O–H groups in total. The maximum absolute atomic E-state index is 13.5. The summed E-state index contributed by atoms with van der Waals surface area (Å²) in [6.45, 7) is -0.153. The minimum absolute atomic E-state index is 0.00141. The second-order valence-corrected chi connectivity index (χ2v) is 3.71. The molecular formula is C13H10F3NO. The number of hydrogen-bond donors (Lipinski definition) is 1. The van der Waals surface area contributed by atoms with Crippen molar-refractivity contribution < 1.29 is 17.9 Å². The zero-order valence-electron chi connectivity index (χ0n) is 9.29. The molecule has 0 saturated carbocycles. The van der Waals surface area contributed by atoms with E-state index >= 15 is 0 Å². The largest absolute Gasteiger partial charge is 0.489 e. The number of anilines is 1. The number of rotatable bonds is 3. The molecule has 5 heteroatoms. The van der Waals surface area contributed by atoms with Gasteiger partial charge >= 0.3 is 0 Å². The fourth-order valence-corrected chi connectivity index (χ4v) is 1.48. The Bertz CT molecular complexity index is 552. The first-order chi connectivity index (χ1) is 8.56. The van der Waals surface area contributed by atoms with Crippen molar-refractivity contribution in [1.82, 2.24) is 0 Å². The van der Waals surface area contributed by atoms with Crippen LogP contribution in [-0.2, 0) is 6.61 Å². The van der Waals surface area contributed by atoms with Crippen LogP contribution in [0.25, 0.3) is 0 Å². The molecule has 0 heterocycles. The van der Waals surface area contributed by atoms with Crippen LogP contribution < -0.4 is 10.5 Å². The molecule has 0 bridgehead atoms. The van der Waals surface area contributed by atoms with E-state index in [4.69, 9.17) is 10.5 Å². The smallest absolute Gasteiger partial charge is 0.152 e. The van der Waals surface area contributed by atoms with E-state index in [1.54, 1.807) is 6.07 Å². The summed E-state index contributed by atoms with van der Waals surface area (Å²) in [5.74, 6) is -2.10. The van der Waals surface area contributed by atoms with E-state index in [1.165, 1.54) is 12.1 Å². The molecule has 0 aliphatic rings. The van der Waals surface area contributed by atoms with Crippen molar-refractivity contribution in [2.75, 3.05) is 5.73 Å². The second-order valence-electron chi connectivity index (χ2n) is 3.71. The molecule has 0 radical (unpaired) electrons. The highest BCUT2D eigenvalue weighted by atomic mass is 19.1. The third-order valence-corrected chi connectivity index (χ3v) is 2.34. The predicted molar refractivity (Wildman–Crippen MR) is 61.5 cm³/mol. The molecule has 0 saturated heterocycles. The van der Waals surface area contributed by atoms with Crippen molar-refractivity contribution in [3.8, 4) is 5.75 Å². The molecule has 0 aliphatic carbocycles. The lowest BCUT2D eigenvalue weighted by molar-refractivity contribution is 0.297. The topological polar surface area (TPSA) is 35.2 Å². The van der Waals surface area contributed by atoms with E-state index in [0.717, 1.165) is 18.2 Å². The Morgan fingerprint density at radius 2 is 1.67 bits per heavy atom. The van der Waals surface area contributed by atoms with Gasteiger partial charge in [-0.3, -0.25) is 0 Å². The average Bonchev–Trinajstić information content (AvgIpc) is 2.30. The molecule has 0 atom stereocenters. The van der Waals surface area contributed by atoms with E-state index in [1.807, 2.05) is 0 Å². The Morgan fingerprint density at radius 3 is 2.33 bits per heavy atom. The van der Waals surface area contributed by atoms with Crippen LogP contribution in [-0.4, -0.2) is 0 Å². The van der Waals surface area contributed by atoms with Gasteiger partial charge in [0.25, 0.3) is 0 Å². The third-order valence-electron chi connectivity index (χ3n) is 2.34. The van der Waals surface area contributed by atoms with Crippen LogP contribution in [0.4, 0.5) is 18.9 Å². The van der Waals surface area contributed by atoms with Gasteiger partial charge in [-0.1, -0.05) is 12.1 Å². The van der Waals surface area contributed by atoms with Gasteiger partial charge in [-0.15, -0.1) is 0 Å². The standard InChI is InChI=1S/C13H10F3NO/c14-9-4-10(15)6-11(5-9)18-7-8-2-1-3-12(17)13(8)16/h1-6H,7,17H2. The molecule has 2 rings (SSSR count). The summed E-state index contributed by atoms with van der Waals surface area (Å²) >= 11 is 0. The molecule has 94 valence electrons. The number of ether oxygens (including phenoxy) is 1. The molecular weight excluding hydrogens is 243 g/mol. The zero-order chi connectivity index (χ0) is 13.1. The molecule has 0 aromatic heterocycles. The van der Waals surface area contributed by atoms with Crippen molar-refractivity contribution in [3.63, 3.8) is 0 Å². The Morgan fingerprint density at radius 1 is 1.00 bits per heavy atom. The minimum atomic E-state index is -0.752. The molecule has 0 unspecified atom stereocenters. The van der Waals surface area contributed by atoms with Crippen molar-refractivity contribution >= 4 is 5.69 Å². The van der Waals surface area contributed by atoms with Crippen LogP contribution in [0.15, 0.2) is 36.4 Å². The molecule has 2 aromatic rings. The van der Waals surface area contributed by atoms with Crippen LogP contribution in [0, 0.1) is 17.5 Å². The van der Waals surface area contributed by atoms with E-state index in [2.05, 4.69) is 0 Å². The van der Waals surface area contributed by atoms with Gasteiger partial charge in [-0.25, -0.2) is 13.2 Å². The van der Waals surface area contributed by atoms with Crippen LogP contribution in [0.2, 0.25) is 0 Å². The quantitative estimate of drug-likeness (QED) is 0.852. The Balaban J connectivity index is 2.14. The maximum Gasteiger partial charge on any atom is 0.152 e. The Labute approximate surface area is 102 Å². The zero-order valence-corrected chi connectivity index (χ0v) is 9.29. The van der Waals surface area contributed by atoms with Gasteiger partial charge in [0, 0.05) is 23.8 Å². The van der Waals surface area contributed by atoms with Crippen LogP contribution in [0.3, 0.4) is 0 Å². The summed E-state index contributed by atoms with van der Waals surface area (Å²) in [5.41, 5.74) is 5.61. The summed E-state index contributed by atoms with van der Waals surface area (Å²) in [7, 11) is 0. The predicted octanol–water partition coefficient (Wildman–Crippen LogP) is 3.27. The lowest BCUT2D eigenvalue weighted by atomic mass is 10.2. The van der Waals surface area contributed by atoms with E-state index < -0.39 is 17.5 Å². The maximum atomic E-state index is 13.5. The highest BCUT2D eigenvalue weighted by Crippen LogP contribution is 2.19. The van der Waals surface area contributed by atoms with Gasteiger partial charge in [-0.2, -0.15) is 0 Å². The number of halogens is 3. The van der Waals surface area contributed by atoms with Crippen molar-refractivity contribution in [2.24, 2.45) is 0 Å². The summed E-state index contributed by atoms with van der Waals surface area (Å²) in [5, 5.41) is 0. The average molecular weight is 253 g/mol. The number of nitrogen functional groups attached to an aromatic ring is 1. The Kier molecular flexibility index (Phi) is 3.41. The molecule has 0 amide bonds. The van der Waals surface area contributed by atoms with Gasteiger partial charge in [0.05, 0.1) is 5.69 Å².